The number of hydrogen-bond donors (Lipinski definition) is 0. The molecule has 2 aliphatic rings. The molecule has 1 aromatic rings. The molecular formula is C19H25NO7S. The first-order valence-electron chi connectivity index (χ1n) is 9.30. The Bertz CT molecular complexity index is 836. The van der Waals surface area contributed by atoms with Crippen molar-refractivity contribution in [3.63, 3.8) is 0 Å². The minimum atomic E-state index is -3.12. The van der Waals surface area contributed by atoms with Crippen LogP contribution in [0.3, 0.4) is 0 Å². The van der Waals surface area contributed by atoms with Crippen LogP contribution in [0.2, 0.25) is 0 Å². The van der Waals surface area contributed by atoms with E-state index in [0.29, 0.717) is 24.5 Å². The van der Waals surface area contributed by atoms with Gasteiger partial charge in [0, 0.05) is 12.6 Å². The van der Waals surface area contributed by atoms with Gasteiger partial charge in [0.25, 0.3) is 5.91 Å². The van der Waals surface area contributed by atoms with E-state index < -0.39 is 34.4 Å². The summed E-state index contributed by atoms with van der Waals surface area (Å²) in [6.45, 7) is 3.85. The fourth-order valence-corrected chi connectivity index (χ4v) is 5.04. The quantitative estimate of drug-likeness (QED) is 0.645. The van der Waals surface area contributed by atoms with Gasteiger partial charge in [-0.05, 0) is 24.5 Å². The van der Waals surface area contributed by atoms with Gasteiger partial charge in [0.2, 0.25) is 6.10 Å². The Morgan fingerprint density at radius 2 is 1.96 bits per heavy atom. The molecule has 0 saturated carbocycles. The first-order chi connectivity index (χ1) is 13.2. The van der Waals surface area contributed by atoms with Crippen molar-refractivity contribution >= 4 is 21.7 Å². The number of carbonyl (C=O) groups excluding carboxylic acids is 2. The summed E-state index contributed by atoms with van der Waals surface area (Å²) < 4.78 is 39.7. The number of fused-ring (bicyclic) bond motifs is 1. The second-order valence-electron chi connectivity index (χ2n) is 7.47. The zero-order valence-electron chi connectivity index (χ0n) is 16.0. The molecule has 9 heteroatoms. The van der Waals surface area contributed by atoms with Gasteiger partial charge in [0.15, 0.2) is 27.9 Å². The lowest BCUT2D eigenvalue weighted by atomic mass is 10.1. The van der Waals surface area contributed by atoms with E-state index in [1.54, 1.807) is 24.3 Å². The van der Waals surface area contributed by atoms with Crippen molar-refractivity contribution < 1.29 is 32.2 Å². The Morgan fingerprint density at radius 3 is 2.61 bits per heavy atom. The monoisotopic (exact) mass is 411 g/mol. The van der Waals surface area contributed by atoms with Crippen molar-refractivity contribution in [2.45, 2.75) is 32.4 Å². The molecule has 8 nitrogen and oxygen atoms in total. The highest BCUT2D eigenvalue weighted by Gasteiger charge is 2.36. The van der Waals surface area contributed by atoms with Crippen LogP contribution in [0.1, 0.15) is 20.3 Å². The van der Waals surface area contributed by atoms with Gasteiger partial charge in [-0.1, -0.05) is 26.0 Å². The number of rotatable bonds is 6. The second kappa shape index (κ2) is 8.38. The largest absolute Gasteiger partial charge is 0.485 e. The van der Waals surface area contributed by atoms with E-state index in [-0.39, 0.29) is 30.1 Å². The molecule has 0 spiro atoms. The van der Waals surface area contributed by atoms with Gasteiger partial charge in [-0.3, -0.25) is 4.79 Å². The van der Waals surface area contributed by atoms with Crippen molar-refractivity contribution in [1.82, 2.24) is 4.90 Å². The van der Waals surface area contributed by atoms with Gasteiger partial charge in [-0.2, -0.15) is 0 Å². The summed E-state index contributed by atoms with van der Waals surface area (Å²) in [5.74, 6) is 0.0943. The third-order valence-electron chi connectivity index (χ3n) is 4.64. The van der Waals surface area contributed by atoms with Crippen LogP contribution in [-0.4, -0.2) is 68.6 Å². The summed E-state index contributed by atoms with van der Waals surface area (Å²) in [7, 11) is -3.12. The maximum Gasteiger partial charge on any atom is 0.351 e. The molecule has 2 heterocycles. The molecule has 3 rings (SSSR count). The van der Waals surface area contributed by atoms with Crippen molar-refractivity contribution in [2.75, 3.05) is 31.3 Å². The Kier molecular flexibility index (Phi) is 6.12. The lowest BCUT2D eigenvalue weighted by molar-refractivity contribution is -0.160. The highest BCUT2D eigenvalue weighted by atomic mass is 32.2. The maximum absolute atomic E-state index is 12.6. The number of hydrogen-bond acceptors (Lipinski definition) is 7. The molecule has 0 unspecified atom stereocenters. The highest BCUT2D eigenvalue weighted by molar-refractivity contribution is 7.91. The van der Waals surface area contributed by atoms with E-state index in [0.717, 1.165) is 0 Å². The van der Waals surface area contributed by atoms with Crippen LogP contribution in [-0.2, 0) is 24.2 Å². The van der Waals surface area contributed by atoms with Crippen LogP contribution in [0.4, 0.5) is 0 Å². The van der Waals surface area contributed by atoms with E-state index in [9.17, 15) is 18.0 Å². The third kappa shape index (κ3) is 4.95. The van der Waals surface area contributed by atoms with Gasteiger partial charge in [-0.25, -0.2) is 13.2 Å². The topological polar surface area (TPSA) is 99.2 Å². The van der Waals surface area contributed by atoms with Crippen molar-refractivity contribution in [1.29, 1.82) is 0 Å². The number of carbonyl (C=O) groups is 2. The predicted octanol–water partition coefficient (Wildman–Crippen LogP) is 1.04. The zero-order chi connectivity index (χ0) is 20.3. The minimum Gasteiger partial charge on any atom is -0.485 e. The first-order valence-corrected chi connectivity index (χ1v) is 11.1. The summed E-state index contributed by atoms with van der Waals surface area (Å²) in [5.41, 5.74) is 0. The van der Waals surface area contributed by atoms with Gasteiger partial charge in [0.1, 0.15) is 6.61 Å². The standard InChI is InChI=1S/C19H25NO7S/c1-13(2)9-20(14-7-8-28(23,24)12-14)18(21)11-26-19(22)17-10-25-15-5-3-4-6-16(15)27-17/h3-6,13-14,17H,7-12H2,1-2H3/t14-,17+/m0/s1. The molecule has 0 aromatic heterocycles. The van der Waals surface area contributed by atoms with Crippen molar-refractivity contribution in [3.8, 4) is 11.5 Å². The zero-order valence-corrected chi connectivity index (χ0v) is 16.8. The van der Waals surface area contributed by atoms with Crippen LogP contribution in [0.5, 0.6) is 11.5 Å². The van der Waals surface area contributed by atoms with E-state index in [2.05, 4.69) is 0 Å². The van der Waals surface area contributed by atoms with E-state index in [1.807, 2.05) is 13.8 Å². The molecule has 0 aliphatic carbocycles. The molecule has 154 valence electrons. The van der Waals surface area contributed by atoms with Gasteiger partial charge in [-0.15, -0.1) is 0 Å². The van der Waals surface area contributed by atoms with Crippen LogP contribution in [0.15, 0.2) is 24.3 Å². The number of amides is 1. The lowest BCUT2D eigenvalue weighted by Gasteiger charge is -2.30. The fourth-order valence-electron chi connectivity index (χ4n) is 3.31. The van der Waals surface area contributed by atoms with Crippen LogP contribution in [0, 0.1) is 5.92 Å². The Morgan fingerprint density at radius 1 is 1.25 bits per heavy atom. The average molecular weight is 411 g/mol. The molecule has 2 aliphatic heterocycles. The summed E-state index contributed by atoms with van der Waals surface area (Å²) in [6, 6.07) is 6.61. The number of ether oxygens (including phenoxy) is 3. The SMILES string of the molecule is CC(C)CN(C(=O)COC(=O)[C@H]1COc2ccccc2O1)[C@H]1CCS(=O)(=O)C1. The summed E-state index contributed by atoms with van der Waals surface area (Å²) in [5, 5.41) is 0. The number of nitrogens with zero attached hydrogens (tertiary/aromatic N) is 1. The van der Waals surface area contributed by atoms with E-state index >= 15 is 0 Å². The molecule has 28 heavy (non-hydrogen) atoms. The van der Waals surface area contributed by atoms with Crippen LogP contribution < -0.4 is 9.47 Å². The molecule has 1 fully saturated rings. The normalized spacial score (nSPS) is 22.7. The second-order valence-corrected chi connectivity index (χ2v) is 9.70. The van der Waals surface area contributed by atoms with Crippen LogP contribution >= 0.6 is 0 Å². The molecule has 0 radical (unpaired) electrons. The lowest BCUT2D eigenvalue weighted by Crippen LogP contribution is -2.46. The van der Waals surface area contributed by atoms with Gasteiger partial charge < -0.3 is 19.1 Å². The highest BCUT2D eigenvalue weighted by Crippen LogP contribution is 2.31. The summed E-state index contributed by atoms with van der Waals surface area (Å²) in [4.78, 5) is 26.5. The summed E-state index contributed by atoms with van der Waals surface area (Å²) >= 11 is 0. The minimum absolute atomic E-state index is 0.000609. The van der Waals surface area contributed by atoms with Crippen molar-refractivity contribution in [2.24, 2.45) is 5.92 Å². The van der Waals surface area contributed by atoms with Gasteiger partial charge >= 0.3 is 5.97 Å². The predicted molar refractivity (Wildman–Crippen MR) is 101 cm³/mol. The molecule has 2 atom stereocenters. The number of sulfone groups is 1. The molecule has 1 aromatic carbocycles. The number of benzene rings is 1. The van der Waals surface area contributed by atoms with Gasteiger partial charge in [0.05, 0.1) is 11.5 Å². The van der Waals surface area contributed by atoms with Crippen LogP contribution in [0.25, 0.3) is 0 Å². The Labute approximate surface area is 164 Å². The summed E-state index contributed by atoms with van der Waals surface area (Å²) in [6.07, 6.45) is -0.543. The first kappa shape index (κ1) is 20.4. The smallest absolute Gasteiger partial charge is 0.351 e. The Balaban J connectivity index is 1.57. The van der Waals surface area contributed by atoms with E-state index in [1.165, 1.54) is 4.90 Å². The molecule has 0 N–H and O–H groups in total. The molecular weight excluding hydrogens is 386 g/mol. The van der Waals surface area contributed by atoms with E-state index in [4.69, 9.17) is 14.2 Å². The Hall–Kier alpha value is -2.29. The van der Waals surface area contributed by atoms with Crippen molar-refractivity contribution in [3.05, 3.63) is 24.3 Å². The molecule has 0 bridgehead atoms. The third-order valence-corrected chi connectivity index (χ3v) is 6.39. The maximum atomic E-state index is 12.6. The number of esters is 1. The molecule has 1 amide bonds. The average Bonchev–Trinajstić information content (AvgIpc) is 3.02. The molecule has 1 saturated heterocycles. The fraction of sp³-hybridized carbons (Fsp3) is 0.579. The number of para-hydroxylation sites is 2.